The molecule has 4 heterocycles. The van der Waals surface area contributed by atoms with Gasteiger partial charge in [-0.05, 0) is 30.3 Å². The van der Waals surface area contributed by atoms with Gasteiger partial charge in [0, 0.05) is 48.7 Å². The minimum absolute atomic E-state index is 0.680. The van der Waals surface area contributed by atoms with Gasteiger partial charge in [-0.2, -0.15) is 0 Å². The molecule has 6 aromatic carbocycles. The topological polar surface area (TPSA) is 64.7 Å². The summed E-state index contributed by atoms with van der Waals surface area (Å²) in [4.78, 5) is 20.4. The lowest BCUT2D eigenvalue weighted by Crippen LogP contribution is -1.96. The van der Waals surface area contributed by atoms with E-state index < -0.39 is 0 Å². The quantitative estimate of drug-likeness (QED) is 0.184. The Labute approximate surface area is 291 Å². The Morgan fingerprint density at radius 2 is 1.10 bits per heavy atom. The number of aromatic nitrogens is 4. The molecule has 4 aromatic heterocycles. The van der Waals surface area contributed by atoms with Gasteiger partial charge in [0.1, 0.15) is 11.2 Å². The third-order valence-electron chi connectivity index (χ3n) is 9.13. The van der Waals surface area contributed by atoms with Crippen LogP contribution in [0.5, 0.6) is 0 Å². The molecular formula is C44H26N4OS. The summed E-state index contributed by atoms with van der Waals surface area (Å²) in [5.74, 6) is 1.38. The van der Waals surface area contributed by atoms with Crippen LogP contribution in [0.3, 0.4) is 0 Å². The van der Waals surface area contributed by atoms with Gasteiger partial charge in [0.15, 0.2) is 11.6 Å². The summed E-state index contributed by atoms with van der Waals surface area (Å²) >= 11 is 1.73. The third kappa shape index (κ3) is 4.77. The van der Waals surface area contributed by atoms with Crippen molar-refractivity contribution < 1.29 is 4.42 Å². The van der Waals surface area contributed by atoms with Crippen LogP contribution < -0.4 is 0 Å². The number of furan rings is 1. The molecule has 0 amide bonds. The molecule has 0 aliphatic carbocycles. The second-order valence-electron chi connectivity index (χ2n) is 12.2. The maximum absolute atomic E-state index is 6.61. The lowest BCUT2D eigenvalue weighted by Gasteiger charge is -2.10. The lowest BCUT2D eigenvalue weighted by atomic mass is 10.0. The summed E-state index contributed by atoms with van der Waals surface area (Å²) in [6.45, 7) is 0. The smallest absolute Gasteiger partial charge is 0.160 e. The number of hydrogen-bond donors (Lipinski definition) is 0. The van der Waals surface area contributed by atoms with Crippen LogP contribution in [-0.4, -0.2) is 19.9 Å². The Morgan fingerprint density at radius 3 is 1.86 bits per heavy atom. The van der Waals surface area contributed by atoms with Crippen LogP contribution in [0.4, 0.5) is 0 Å². The normalized spacial score (nSPS) is 11.6. The van der Waals surface area contributed by atoms with E-state index in [-0.39, 0.29) is 0 Å². The fraction of sp³-hybridized carbons (Fsp3) is 0. The first-order chi connectivity index (χ1) is 24.8. The summed E-state index contributed by atoms with van der Waals surface area (Å²) in [7, 11) is 0. The standard InChI is InChI=1S/C44H26N4OS/c1-4-13-27(14-5-1)34-26-35(46-43(45-34)28-15-6-2-7-16-28)31-20-12-21-36-39(31)32-24-23-30(25-37(32)49-36)40-42-41(33-19-10-11-22-38(33)50-42)48-44(47-40)29-17-8-3-9-18-29/h1-26H. The molecule has 0 atom stereocenters. The number of nitrogens with zero attached hydrogens (tertiary/aromatic N) is 4. The zero-order valence-electron chi connectivity index (χ0n) is 26.6. The van der Waals surface area contributed by atoms with Gasteiger partial charge in [-0.25, -0.2) is 19.9 Å². The predicted molar refractivity (Wildman–Crippen MR) is 205 cm³/mol. The van der Waals surface area contributed by atoms with Crippen molar-refractivity contribution in [1.29, 1.82) is 0 Å². The van der Waals surface area contributed by atoms with E-state index in [1.54, 1.807) is 11.3 Å². The van der Waals surface area contributed by atoms with Gasteiger partial charge in [0.25, 0.3) is 0 Å². The molecule has 0 bridgehead atoms. The highest BCUT2D eigenvalue weighted by Gasteiger charge is 2.20. The van der Waals surface area contributed by atoms with Gasteiger partial charge in [-0.15, -0.1) is 11.3 Å². The van der Waals surface area contributed by atoms with E-state index >= 15 is 0 Å². The molecule has 6 heteroatoms. The highest BCUT2D eigenvalue weighted by molar-refractivity contribution is 7.26. The molecule has 0 fully saturated rings. The second-order valence-corrected chi connectivity index (χ2v) is 13.3. The fourth-order valence-electron chi connectivity index (χ4n) is 6.75. The van der Waals surface area contributed by atoms with E-state index in [0.717, 1.165) is 82.4 Å². The molecule has 10 rings (SSSR count). The number of rotatable bonds is 5. The van der Waals surface area contributed by atoms with E-state index in [2.05, 4.69) is 78.9 Å². The Balaban J connectivity index is 1.17. The summed E-state index contributed by atoms with van der Waals surface area (Å²) in [6, 6.07) is 53.7. The van der Waals surface area contributed by atoms with E-state index in [1.807, 2.05) is 78.9 Å². The van der Waals surface area contributed by atoms with Crippen molar-refractivity contribution in [2.75, 3.05) is 0 Å². The molecule has 0 radical (unpaired) electrons. The maximum Gasteiger partial charge on any atom is 0.160 e. The first kappa shape index (κ1) is 28.5. The van der Waals surface area contributed by atoms with Crippen molar-refractivity contribution >= 4 is 53.6 Å². The fourth-order valence-corrected chi connectivity index (χ4v) is 7.90. The average Bonchev–Trinajstić information content (AvgIpc) is 3.76. The van der Waals surface area contributed by atoms with Gasteiger partial charge in [-0.1, -0.05) is 127 Å². The predicted octanol–water partition coefficient (Wildman–Crippen LogP) is 11.9. The molecule has 50 heavy (non-hydrogen) atoms. The SMILES string of the molecule is c1ccc(-c2cc(-c3cccc4oc5cc(-c6nc(-c7ccccc7)nc7c6sc6ccccc67)ccc5c34)nc(-c3ccccc3)n2)cc1. The van der Waals surface area contributed by atoms with Gasteiger partial charge in [0.05, 0.1) is 27.3 Å². The van der Waals surface area contributed by atoms with Crippen LogP contribution in [0.15, 0.2) is 162 Å². The molecule has 0 unspecified atom stereocenters. The van der Waals surface area contributed by atoms with Crippen LogP contribution in [-0.2, 0) is 0 Å². The minimum atomic E-state index is 0.680. The molecule has 0 aliphatic rings. The summed E-state index contributed by atoms with van der Waals surface area (Å²) in [5.41, 5.74) is 10.1. The van der Waals surface area contributed by atoms with Crippen molar-refractivity contribution in [2.45, 2.75) is 0 Å². The zero-order chi connectivity index (χ0) is 33.0. The largest absolute Gasteiger partial charge is 0.456 e. The van der Waals surface area contributed by atoms with Gasteiger partial charge < -0.3 is 4.42 Å². The van der Waals surface area contributed by atoms with Crippen LogP contribution in [0.2, 0.25) is 0 Å². The first-order valence-corrected chi connectivity index (χ1v) is 17.3. The molecule has 0 saturated heterocycles. The Kier molecular flexibility index (Phi) is 6.60. The van der Waals surface area contributed by atoms with Gasteiger partial charge in [0.2, 0.25) is 0 Å². The van der Waals surface area contributed by atoms with Crippen LogP contribution >= 0.6 is 11.3 Å². The molecular weight excluding hydrogens is 633 g/mol. The van der Waals surface area contributed by atoms with Crippen molar-refractivity contribution in [1.82, 2.24) is 19.9 Å². The average molecular weight is 659 g/mol. The number of hydrogen-bond acceptors (Lipinski definition) is 6. The molecule has 10 aromatic rings. The summed E-state index contributed by atoms with van der Waals surface area (Å²) < 4.78 is 8.86. The molecule has 0 aliphatic heterocycles. The van der Waals surface area contributed by atoms with Gasteiger partial charge in [-0.3, -0.25) is 0 Å². The summed E-state index contributed by atoms with van der Waals surface area (Å²) in [6.07, 6.45) is 0. The highest BCUT2D eigenvalue weighted by Crippen LogP contribution is 2.42. The van der Waals surface area contributed by atoms with Crippen molar-refractivity contribution in [2.24, 2.45) is 0 Å². The van der Waals surface area contributed by atoms with Crippen molar-refractivity contribution in [3.8, 4) is 56.5 Å². The van der Waals surface area contributed by atoms with Gasteiger partial charge >= 0.3 is 0 Å². The van der Waals surface area contributed by atoms with Crippen LogP contribution in [0.25, 0.3) is 98.8 Å². The van der Waals surface area contributed by atoms with E-state index in [4.69, 9.17) is 24.4 Å². The molecule has 0 N–H and O–H groups in total. The number of benzene rings is 6. The zero-order valence-corrected chi connectivity index (χ0v) is 27.4. The first-order valence-electron chi connectivity index (χ1n) is 16.5. The van der Waals surface area contributed by atoms with E-state index in [0.29, 0.717) is 11.6 Å². The summed E-state index contributed by atoms with van der Waals surface area (Å²) in [5, 5.41) is 3.17. The lowest BCUT2D eigenvalue weighted by molar-refractivity contribution is 0.669. The second kappa shape index (κ2) is 11.6. The minimum Gasteiger partial charge on any atom is -0.456 e. The third-order valence-corrected chi connectivity index (χ3v) is 10.3. The van der Waals surface area contributed by atoms with E-state index in [1.165, 1.54) is 4.70 Å². The Hall–Kier alpha value is -6.50. The number of thiophene rings is 1. The van der Waals surface area contributed by atoms with E-state index in [9.17, 15) is 0 Å². The maximum atomic E-state index is 6.61. The van der Waals surface area contributed by atoms with Crippen molar-refractivity contribution in [3.05, 3.63) is 158 Å². The molecule has 5 nitrogen and oxygen atoms in total. The molecule has 234 valence electrons. The van der Waals surface area contributed by atoms with Crippen LogP contribution in [0, 0.1) is 0 Å². The van der Waals surface area contributed by atoms with Crippen LogP contribution in [0.1, 0.15) is 0 Å². The molecule has 0 spiro atoms. The highest BCUT2D eigenvalue weighted by atomic mass is 32.1. The Bertz CT molecular complexity index is 2810. The monoisotopic (exact) mass is 658 g/mol. The van der Waals surface area contributed by atoms with Crippen molar-refractivity contribution in [3.63, 3.8) is 0 Å². The molecule has 0 saturated carbocycles. The Morgan fingerprint density at radius 1 is 0.440 bits per heavy atom. The number of fused-ring (bicyclic) bond motifs is 6.